The molecule has 0 atom stereocenters. The first-order chi connectivity index (χ1) is 13.2. The SMILES string of the molecule is CN(Cc1nc2ccccc2s1)C(=O)C[NH+]1CCN(c2ccccc2)CC1. The topological polar surface area (TPSA) is 40.9 Å². The van der Waals surface area contributed by atoms with Crippen LogP contribution in [0.5, 0.6) is 0 Å². The van der Waals surface area contributed by atoms with E-state index in [0.29, 0.717) is 13.1 Å². The number of rotatable bonds is 5. The molecular weight excluding hydrogens is 356 g/mol. The summed E-state index contributed by atoms with van der Waals surface area (Å²) >= 11 is 1.67. The molecule has 3 aromatic rings. The molecule has 140 valence electrons. The summed E-state index contributed by atoms with van der Waals surface area (Å²) in [5.74, 6) is 0.192. The summed E-state index contributed by atoms with van der Waals surface area (Å²) in [7, 11) is 1.88. The van der Waals surface area contributed by atoms with Gasteiger partial charge in [-0.15, -0.1) is 11.3 Å². The molecule has 27 heavy (non-hydrogen) atoms. The quantitative estimate of drug-likeness (QED) is 0.731. The Morgan fingerprint density at radius 2 is 1.81 bits per heavy atom. The third-order valence-electron chi connectivity index (χ3n) is 5.13. The molecule has 2 heterocycles. The maximum Gasteiger partial charge on any atom is 0.277 e. The van der Waals surface area contributed by atoms with Crippen LogP contribution >= 0.6 is 11.3 Å². The highest BCUT2D eigenvalue weighted by Gasteiger charge is 2.24. The van der Waals surface area contributed by atoms with Crippen molar-refractivity contribution in [3.05, 3.63) is 59.6 Å². The average Bonchev–Trinajstić information content (AvgIpc) is 3.11. The van der Waals surface area contributed by atoms with E-state index in [1.165, 1.54) is 15.3 Å². The van der Waals surface area contributed by atoms with Crippen LogP contribution in [-0.2, 0) is 11.3 Å². The average molecular weight is 382 g/mol. The van der Waals surface area contributed by atoms with Gasteiger partial charge in [0, 0.05) is 12.7 Å². The highest BCUT2D eigenvalue weighted by molar-refractivity contribution is 7.18. The second-order valence-corrected chi connectivity index (χ2v) is 8.19. The molecule has 5 nitrogen and oxygen atoms in total. The summed E-state index contributed by atoms with van der Waals surface area (Å²) in [6.07, 6.45) is 0. The number of thiazole rings is 1. The van der Waals surface area contributed by atoms with Gasteiger partial charge in [0.15, 0.2) is 6.54 Å². The van der Waals surface area contributed by atoms with Gasteiger partial charge in [0.05, 0.1) is 42.9 Å². The third kappa shape index (κ3) is 4.28. The van der Waals surface area contributed by atoms with Crippen molar-refractivity contribution in [2.24, 2.45) is 0 Å². The van der Waals surface area contributed by atoms with Crippen LogP contribution in [0.4, 0.5) is 5.69 Å². The summed E-state index contributed by atoms with van der Waals surface area (Å²) in [4.78, 5) is 22.9. The highest BCUT2D eigenvalue weighted by Crippen LogP contribution is 2.22. The lowest BCUT2D eigenvalue weighted by Gasteiger charge is -2.33. The fourth-order valence-electron chi connectivity index (χ4n) is 3.52. The van der Waals surface area contributed by atoms with E-state index in [4.69, 9.17) is 0 Å². The van der Waals surface area contributed by atoms with E-state index in [9.17, 15) is 4.79 Å². The van der Waals surface area contributed by atoms with E-state index < -0.39 is 0 Å². The number of likely N-dealkylation sites (N-methyl/N-ethyl adjacent to an activating group) is 1. The van der Waals surface area contributed by atoms with Crippen molar-refractivity contribution in [3.8, 4) is 0 Å². The van der Waals surface area contributed by atoms with Gasteiger partial charge < -0.3 is 14.7 Å². The molecule has 1 N–H and O–H groups in total. The summed E-state index contributed by atoms with van der Waals surface area (Å²) in [5, 5.41) is 0.996. The van der Waals surface area contributed by atoms with E-state index >= 15 is 0 Å². The van der Waals surface area contributed by atoms with E-state index in [2.05, 4.69) is 40.2 Å². The van der Waals surface area contributed by atoms with Gasteiger partial charge in [0.2, 0.25) is 0 Å². The van der Waals surface area contributed by atoms with Crippen molar-refractivity contribution in [3.63, 3.8) is 0 Å². The number of para-hydroxylation sites is 2. The van der Waals surface area contributed by atoms with Crippen LogP contribution in [0.3, 0.4) is 0 Å². The molecule has 0 aliphatic carbocycles. The molecule has 1 fully saturated rings. The number of piperazine rings is 1. The van der Waals surface area contributed by atoms with Gasteiger partial charge in [-0.2, -0.15) is 0 Å². The Morgan fingerprint density at radius 3 is 2.56 bits per heavy atom. The molecule has 1 aromatic heterocycles. The molecule has 6 heteroatoms. The van der Waals surface area contributed by atoms with Crippen LogP contribution < -0.4 is 9.80 Å². The van der Waals surface area contributed by atoms with Gasteiger partial charge in [-0.05, 0) is 24.3 Å². The number of hydrogen-bond acceptors (Lipinski definition) is 4. The Hall–Kier alpha value is -2.44. The van der Waals surface area contributed by atoms with Crippen LogP contribution in [0.1, 0.15) is 5.01 Å². The predicted molar refractivity (Wildman–Crippen MR) is 110 cm³/mol. The maximum absolute atomic E-state index is 12.7. The van der Waals surface area contributed by atoms with Gasteiger partial charge in [0.25, 0.3) is 5.91 Å². The van der Waals surface area contributed by atoms with Gasteiger partial charge in [-0.1, -0.05) is 30.3 Å². The summed E-state index contributed by atoms with van der Waals surface area (Å²) in [6, 6.07) is 18.6. The minimum Gasteiger partial charge on any atom is -0.360 e. The lowest BCUT2D eigenvalue weighted by Crippen LogP contribution is -3.15. The fraction of sp³-hybridized carbons (Fsp3) is 0.333. The van der Waals surface area contributed by atoms with Crippen LogP contribution in [-0.4, -0.2) is 55.6 Å². The predicted octanol–water partition coefficient (Wildman–Crippen LogP) is 1.66. The Balaban J connectivity index is 1.29. The standard InChI is InChI=1S/C21H24N4OS/c1-23(15-20-22-18-9-5-6-10-19(18)27-20)21(26)16-24-11-13-25(14-12-24)17-7-3-2-4-8-17/h2-10H,11-16H2,1H3/p+1. The van der Waals surface area contributed by atoms with E-state index in [1.54, 1.807) is 11.3 Å². The van der Waals surface area contributed by atoms with Crippen LogP contribution in [0, 0.1) is 0 Å². The Labute approximate surface area is 163 Å². The number of hydrogen-bond donors (Lipinski definition) is 1. The summed E-state index contributed by atoms with van der Waals surface area (Å²) in [5.41, 5.74) is 2.29. The number of carbonyl (C=O) groups excluding carboxylic acids is 1. The normalized spacial score (nSPS) is 15.2. The minimum atomic E-state index is 0.192. The molecule has 1 amide bonds. The largest absolute Gasteiger partial charge is 0.360 e. The van der Waals surface area contributed by atoms with Crippen LogP contribution in [0.2, 0.25) is 0 Å². The number of benzene rings is 2. The van der Waals surface area contributed by atoms with Crippen molar-refractivity contribution in [1.29, 1.82) is 0 Å². The van der Waals surface area contributed by atoms with Crippen LogP contribution in [0.25, 0.3) is 10.2 Å². The smallest absolute Gasteiger partial charge is 0.277 e. The van der Waals surface area contributed by atoms with Crippen molar-refractivity contribution < 1.29 is 9.69 Å². The number of amides is 1. The molecule has 0 saturated carbocycles. The number of nitrogens with zero attached hydrogens (tertiary/aromatic N) is 3. The van der Waals surface area contributed by atoms with Gasteiger partial charge in [0.1, 0.15) is 5.01 Å². The zero-order valence-electron chi connectivity index (χ0n) is 15.6. The first-order valence-electron chi connectivity index (χ1n) is 9.41. The molecule has 1 aliphatic heterocycles. The molecule has 0 spiro atoms. The first kappa shape index (κ1) is 17.9. The minimum absolute atomic E-state index is 0.192. The lowest BCUT2D eigenvalue weighted by molar-refractivity contribution is -0.892. The van der Waals surface area contributed by atoms with Crippen LogP contribution in [0.15, 0.2) is 54.6 Å². The molecule has 0 unspecified atom stereocenters. The molecule has 0 radical (unpaired) electrons. The molecule has 0 bridgehead atoms. The summed E-state index contributed by atoms with van der Waals surface area (Å²) in [6.45, 7) is 5.12. The Morgan fingerprint density at radius 1 is 1.11 bits per heavy atom. The maximum atomic E-state index is 12.7. The molecule has 1 saturated heterocycles. The third-order valence-corrected chi connectivity index (χ3v) is 6.15. The summed E-state index contributed by atoms with van der Waals surface area (Å²) < 4.78 is 1.18. The second-order valence-electron chi connectivity index (χ2n) is 7.07. The van der Waals surface area contributed by atoms with E-state index in [-0.39, 0.29) is 5.91 Å². The second kappa shape index (κ2) is 8.06. The van der Waals surface area contributed by atoms with E-state index in [1.807, 2.05) is 36.2 Å². The van der Waals surface area contributed by atoms with Crippen molar-refractivity contribution >= 4 is 33.1 Å². The van der Waals surface area contributed by atoms with Crippen molar-refractivity contribution in [1.82, 2.24) is 9.88 Å². The van der Waals surface area contributed by atoms with Gasteiger partial charge in [-0.3, -0.25) is 4.79 Å². The lowest BCUT2D eigenvalue weighted by atomic mass is 10.2. The first-order valence-corrected chi connectivity index (χ1v) is 10.2. The van der Waals surface area contributed by atoms with Gasteiger partial charge >= 0.3 is 0 Å². The highest BCUT2D eigenvalue weighted by atomic mass is 32.1. The Kier molecular flexibility index (Phi) is 5.36. The molecule has 1 aliphatic rings. The van der Waals surface area contributed by atoms with Crippen molar-refractivity contribution in [2.45, 2.75) is 6.54 Å². The number of quaternary nitrogens is 1. The fourth-order valence-corrected chi connectivity index (χ4v) is 4.55. The number of anilines is 1. The number of fused-ring (bicyclic) bond motifs is 1. The monoisotopic (exact) mass is 381 g/mol. The molecular formula is C21H25N4OS+. The van der Waals surface area contributed by atoms with Gasteiger partial charge in [-0.25, -0.2) is 4.98 Å². The zero-order valence-corrected chi connectivity index (χ0v) is 16.4. The molecule has 2 aromatic carbocycles. The Bertz CT molecular complexity index is 870. The number of nitrogens with one attached hydrogen (secondary N) is 1. The molecule has 4 rings (SSSR count). The van der Waals surface area contributed by atoms with Crippen molar-refractivity contribution in [2.75, 3.05) is 44.7 Å². The number of aromatic nitrogens is 1. The number of carbonyl (C=O) groups is 1. The zero-order chi connectivity index (χ0) is 18.6. The van der Waals surface area contributed by atoms with E-state index in [0.717, 1.165) is 36.7 Å².